The number of carbonyl (C=O) groups is 1. The third kappa shape index (κ3) is 4.79. The van der Waals surface area contributed by atoms with Gasteiger partial charge < -0.3 is 21.1 Å². The van der Waals surface area contributed by atoms with E-state index in [-0.39, 0.29) is 11.0 Å². The fraction of sp³-hybridized carbons (Fsp3) is 0.500. The minimum absolute atomic E-state index is 0.0986. The summed E-state index contributed by atoms with van der Waals surface area (Å²) in [5.74, 6) is -0.966. The smallest absolute Gasteiger partial charge is 0.335 e. The number of nitrogens with zero attached hydrogens (tertiary/aromatic N) is 1. The normalized spacial score (nSPS) is 11.6. The number of hydrogen-bond donors (Lipinski definition) is 3. The maximum absolute atomic E-state index is 10.8. The highest BCUT2D eigenvalue weighted by atomic mass is 16.4. The molecule has 0 amide bonds. The van der Waals surface area contributed by atoms with E-state index in [9.17, 15) is 4.79 Å². The number of carboxylic acids is 1. The maximum Gasteiger partial charge on any atom is 0.335 e. The van der Waals surface area contributed by atoms with Crippen LogP contribution in [0.1, 0.15) is 24.2 Å². The molecule has 0 radical (unpaired) electrons. The van der Waals surface area contributed by atoms with Gasteiger partial charge in [-0.2, -0.15) is 0 Å². The van der Waals surface area contributed by atoms with Crippen molar-refractivity contribution in [2.45, 2.75) is 13.8 Å². The fourth-order valence-corrected chi connectivity index (χ4v) is 2.10. The number of nitrogen functional groups attached to an aromatic ring is 1. The van der Waals surface area contributed by atoms with E-state index in [4.69, 9.17) is 10.8 Å². The number of benzene rings is 1. The van der Waals surface area contributed by atoms with Gasteiger partial charge in [0.2, 0.25) is 0 Å². The molecule has 106 valence electrons. The summed E-state index contributed by atoms with van der Waals surface area (Å²) in [4.78, 5) is 13.0. The Morgan fingerprint density at radius 1 is 1.42 bits per heavy atom. The van der Waals surface area contributed by atoms with Gasteiger partial charge in [-0.3, -0.25) is 0 Å². The summed E-state index contributed by atoms with van der Waals surface area (Å²) < 4.78 is 0. The number of hydrogen-bond acceptors (Lipinski definition) is 4. The lowest BCUT2D eigenvalue weighted by atomic mass is 9.93. The van der Waals surface area contributed by atoms with Crippen LogP contribution in [0.25, 0.3) is 0 Å². The summed E-state index contributed by atoms with van der Waals surface area (Å²) in [6.45, 7) is 6.05. The molecule has 0 atom stereocenters. The first-order chi connectivity index (χ1) is 8.71. The van der Waals surface area contributed by atoms with Crippen molar-refractivity contribution < 1.29 is 9.90 Å². The first-order valence-electron chi connectivity index (χ1n) is 6.23. The van der Waals surface area contributed by atoms with Crippen LogP contribution < -0.4 is 11.1 Å². The van der Waals surface area contributed by atoms with Gasteiger partial charge in [-0.25, -0.2) is 4.79 Å². The van der Waals surface area contributed by atoms with Gasteiger partial charge in [-0.05, 0) is 37.7 Å². The molecule has 4 N–H and O–H groups in total. The molecular formula is C14H23N3O2. The van der Waals surface area contributed by atoms with Crippen molar-refractivity contribution >= 4 is 17.3 Å². The van der Waals surface area contributed by atoms with Crippen LogP contribution in [0.3, 0.4) is 0 Å². The molecule has 0 fully saturated rings. The van der Waals surface area contributed by atoms with Crippen LogP contribution in [0.2, 0.25) is 0 Å². The molecule has 0 aliphatic heterocycles. The molecule has 5 heteroatoms. The number of nitrogens with one attached hydrogen (secondary N) is 1. The van der Waals surface area contributed by atoms with Crippen LogP contribution in [0.5, 0.6) is 0 Å². The molecule has 0 aromatic heterocycles. The summed E-state index contributed by atoms with van der Waals surface area (Å²) >= 11 is 0. The third-order valence-corrected chi connectivity index (χ3v) is 2.80. The minimum atomic E-state index is -0.966. The third-order valence-electron chi connectivity index (χ3n) is 2.80. The Balaban J connectivity index is 2.71. The van der Waals surface area contributed by atoms with Gasteiger partial charge in [-0.15, -0.1) is 0 Å². The van der Waals surface area contributed by atoms with E-state index in [2.05, 4.69) is 24.1 Å². The topological polar surface area (TPSA) is 78.6 Å². The SMILES string of the molecule is CN(C)CC(C)(C)CNc1ccc(C(=O)O)cc1N. The number of aromatic carboxylic acids is 1. The predicted octanol–water partition coefficient (Wildman–Crippen LogP) is 1.97. The fourth-order valence-electron chi connectivity index (χ4n) is 2.10. The van der Waals surface area contributed by atoms with E-state index in [1.54, 1.807) is 12.1 Å². The molecule has 5 nitrogen and oxygen atoms in total. The molecule has 0 saturated carbocycles. The molecule has 0 spiro atoms. The molecule has 0 unspecified atom stereocenters. The van der Waals surface area contributed by atoms with Crippen LogP contribution in [0, 0.1) is 5.41 Å². The Morgan fingerprint density at radius 2 is 2.05 bits per heavy atom. The lowest BCUT2D eigenvalue weighted by molar-refractivity contribution is 0.0697. The van der Waals surface area contributed by atoms with E-state index >= 15 is 0 Å². The van der Waals surface area contributed by atoms with Crippen molar-refractivity contribution in [3.63, 3.8) is 0 Å². The van der Waals surface area contributed by atoms with Gasteiger partial charge in [0.05, 0.1) is 16.9 Å². The zero-order chi connectivity index (χ0) is 14.6. The Hall–Kier alpha value is -1.75. The summed E-state index contributed by atoms with van der Waals surface area (Å²) in [5.41, 5.74) is 7.39. The maximum atomic E-state index is 10.8. The summed E-state index contributed by atoms with van der Waals surface area (Å²) in [6.07, 6.45) is 0. The van der Waals surface area contributed by atoms with Crippen molar-refractivity contribution in [3.8, 4) is 0 Å². The molecule has 0 aliphatic carbocycles. The second kappa shape index (κ2) is 5.93. The average molecular weight is 265 g/mol. The van der Waals surface area contributed by atoms with Crippen molar-refractivity contribution in [2.75, 3.05) is 38.2 Å². The Bertz CT molecular complexity index is 456. The van der Waals surface area contributed by atoms with E-state index in [0.717, 1.165) is 18.8 Å². The lowest BCUT2D eigenvalue weighted by Crippen LogP contribution is -2.34. The summed E-state index contributed by atoms with van der Waals surface area (Å²) in [6, 6.07) is 4.74. The molecule has 0 heterocycles. The van der Waals surface area contributed by atoms with Crippen LogP contribution in [0.4, 0.5) is 11.4 Å². The van der Waals surface area contributed by atoms with E-state index < -0.39 is 5.97 Å². The largest absolute Gasteiger partial charge is 0.478 e. The summed E-state index contributed by atoms with van der Waals surface area (Å²) in [5, 5.41) is 12.2. The molecule has 1 aromatic rings. The van der Waals surface area contributed by atoms with Gasteiger partial charge in [-0.1, -0.05) is 13.8 Å². The number of anilines is 2. The number of carboxylic acid groups (broad SMARTS) is 1. The van der Waals surface area contributed by atoms with Gasteiger partial charge in [0.25, 0.3) is 0 Å². The van der Waals surface area contributed by atoms with Crippen LogP contribution in [-0.4, -0.2) is 43.2 Å². The first-order valence-corrected chi connectivity index (χ1v) is 6.23. The van der Waals surface area contributed by atoms with Crippen LogP contribution in [0.15, 0.2) is 18.2 Å². The molecule has 1 aromatic carbocycles. The number of rotatable bonds is 6. The van der Waals surface area contributed by atoms with Gasteiger partial charge in [0.1, 0.15) is 0 Å². The zero-order valence-corrected chi connectivity index (χ0v) is 12.0. The van der Waals surface area contributed by atoms with Crippen LogP contribution in [-0.2, 0) is 0 Å². The molecule has 0 saturated heterocycles. The first kappa shape index (κ1) is 15.3. The predicted molar refractivity (Wildman–Crippen MR) is 78.6 cm³/mol. The van der Waals surface area contributed by atoms with Crippen molar-refractivity contribution in [3.05, 3.63) is 23.8 Å². The second-order valence-corrected chi connectivity index (χ2v) is 5.86. The zero-order valence-electron chi connectivity index (χ0n) is 12.0. The Morgan fingerprint density at radius 3 is 2.53 bits per heavy atom. The molecule has 0 aliphatic rings. The lowest BCUT2D eigenvalue weighted by Gasteiger charge is -2.29. The van der Waals surface area contributed by atoms with E-state index in [0.29, 0.717) is 5.69 Å². The van der Waals surface area contributed by atoms with Gasteiger partial charge in [0, 0.05) is 13.1 Å². The van der Waals surface area contributed by atoms with Crippen LogP contribution >= 0.6 is 0 Å². The Kier molecular flexibility index (Phi) is 4.78. The minimum Gasteiger partial charge on any atom is -0.478 e. The van der Waals surface area contributed by atoms with Gasteiger partial charge in [0.15, 0.2) is 0 Å². The molecule has 19 heavy (non-hydrogen) atoms. The van der Waals surface area contributed by atoms with Crippen molar-refractivity contribution in [2.24, 2.45) is 5.41 Å². The highest BCUT2D eigenvalue weighted by molar-refractivity contribution is 5.90. The monoisotopic (exact) mass is 265 g/mol. The number of nitrogens with two attached hydrogens (primary N) is 1. The molecular weight excluding hydrogens is 242 g/mol. The van der Waals surface area contributed by atoms with Crippen molar-refractivity contribution in [1.29, 1.82) is 0 Å². The Labute approximate surface area is 114 Å². The van der Waals surface area contributed by atoms with Crippen molar-refractivity contribution in [1.82, 2.24) is 4.90 Å². The molecule has 0 bridgehead atoms. The second-order valence-electron chi connectivity index (χ2n) is 5.86. The quantitative estimate of drug-likeness (QED) is 0.685. The van der Waals surface area contributed by atoms with E-state index in [1.165, 1.54) is 6.07 Å². The average Bonchev–Trinajstić information content (AvgIpc) is 2.25. The highest BCUT2D eigenvalue weighted by Gasteiger charge is 2.19. The summed E-state index contributed by atoms with van der Waals surface area (Å²) in [7, 11) is 4.08. The standard InChI is InChI=1S/C14H23N3O2/c1-14(2,9-17(3)4)8-16-12-6-5-10(13(18)19)7-11(12)15/h5-7,16H,8-9,15H2,1-4H3,(H,18,19). The highest BCUT2D eigenvalue weighted by Crippen LogP contribution is 2.23. The van der Waals surface area contributed by atoms with E-state index in [1.807, 2.05) is 14.1 Å². The molecule has 1 rings (SSSR count). The van der Waals surface area contributed by atoms with Gasteiger partial charge >= 0.3 is 5.97 Å².